The molecular weight excluding hydrogens is 200 g/mol. The number of hydrogen-bond donors (Lipinski definition) is 0. The van der Waals surface area contributed by atoms with Gasteiger partial charge in [0.05, 0.1) is 6.10 Å². The van der Waals surface area contributed by atoms with E-state index in [-0.39, 0.29) is 0 Å². The van der Waals surface area contributed by atoms with E-state index in [2.05, 4.69) is 54.3 Å². The molecule has 0 spiro atoms. The molecule has 90 valence electrons. The third kappa shape index (κ3) is 4.11. The van der Waals surface area contributed by atoms with Crippen molar-refractivity contribution < 1.29 is 4.43 Å². The van der Waals surface area contributed by atoms with Crippen LogP contribution in [-0.2, 0) is 4.43 Å². The fraction of sp³-hybridized carbons (Fsp3) is 0.846. The van der Waals surface area contributed by atoms with Crippen LogP contribution in [0.2, 0.25) is 18.1 Å². The van der Waals surface area contributed by atoms with E-state index in [0.717, 1.165) is 6.42 Å². The quantitative estimate of drug-likeness (QED) is 0.493. The highest BCUT2D eigenvalue weighted by Gasteiger charge is 2.39. The van der Waals surface area contributed by atoms with Crippen molar-refractivity contribution in [3.8, 4) is 0 Å². The molecule has 0 rings (SSSR count). The third-order valence-electron chi connectivity index (χ3n) is 3.61. The van der Waals surface area contributed by atoms with Crippen LogP contribution in [0.15, 0.2) is 12.7 Å². The molecule has 0 saturated heterocycles. The van der Waals surface area contributed by atoms with Crippen LogP contribution in [0.4, 0.5) is 0 Å². The first-order valence-electron chi connectivity index (χ1n) is 5.96. The Labute approximate surface area is 97.0 Å². The average Bonchev–Trinajstić information content (AvgIpc) is 2.11. The molecule has 15 heavy (non-hydrogen) atoms. The smallest absolute Gasteiger partial charge is 0.192 e. The van der Waals surface area contributed by atoms with Crippen LogP contribution in [0.1, 0.15) is 41.0 Å². The normalized spacial score (nSPS) is 17.3. The van der Waals surface area contributed by atoms with Crippen molar-refractivity contribution in [2.45, 2.75) is 65.3 Å². The van der Waals surface area contributed by atoms with Gasteiger partial charge in [0, 0.05) is 0 Å². The molecule has 0 aromatic heterocycles. The predicted octanol–water partition coefficient (Wildman–Crippen LogP) is 4.61. The molecule has 0 amide bonds. The number of rotatable bonds is 5. The van der Waals surface area contributed by atoms with Crippen LogP contribution >= 0.6 is 0 Å². The van der Waals surface area contributed by atoms with Gasteiger partial charge in [-0.05, 0) is 30.5 Å². The van der Waals surface area contributed by atoms with Gasteiger partial charge in [0.2, 0.25) is 0 Å². The first kappa shape index (κ1) is 14.9. The van der Waals surface area contributed by atoms with Crippen molar-refractivity contribution in [1.82, 2.24) is 0 Å². The molecule has 0 saturated carbocycles. The highest BCUT2D eigenvalue weighted by molar-refractivity contribution is 6.74. The van der Waals surface area contributed by atoms with Gasteiger partial charge in [-0.1, -0.05) is 40.7 Å². The molecule has 0 aliphatic heterocycles. The zero-order valence-electron chi connectivity index (χ0n) is 11.6. The van der Waals surface area contributed by atoms with E-state index in [1.54, 1.807) is 0 Å². The molecule has 0 aromatic carbocycles. The highest BCUT2D eigenvalue weighted by atomic mass is 28.4. The topological polar surface area (TPSA) is 9.23 Å². The van der Waals surface area contributed by atoms with E-state index in [1.807, 2.05) is 6.08 Å². The second kappa shape index (κ2) is 5.31. The summed E-state index contributed by atoms with van der Waals surface area (Å²) in [7, 11) is -1.62. The minimum atomic E-state index is -1.62. The Hall–Kier alpha value is -0.0831. The largest absolute Gasteiger partial charge is 0.413 e. The minimum absolute atomic E-state index is 0.293. The average molecular weight is 228 g/mol. The fourth-order valence-electron chi connectivity index (χ4n) is 1.27. The van der Waals surface area contributed by atoms with Crippen LogP contribution in [0.5, 0.6) is 0 Å². The summed E-state index contributed by atoms with van der Waals surface area (Å²) in [5, 5.41) is 0.293. The summed E-state index contributed by atoms with van der Waals surface area (Å²) in [6.45, 7) is 19.7. The maximum atomic E-state index is 6.37. The van der Waals surface area contributed by atoms with Crippen LogP contribution in [0.25, 0.3) is 0 Å². The molecule has 0 bridgehead atoms. The zero-order chi connectivity index (χ0) is 12.3. The van der Waals surface area contributed by atoms with Gasteiger partial charge >= 0.3 is 0 Å². The molecule has 1 nitrogen and oxygen atoms in total. The first-order valence-corrected chi connectivity index (χ1v) is 8.87. The van der Waals surface area contributed by atoms with Crippen molar-refractivity contribution >= 4 is 8.32 Å². The Kier molecular flexibility index (Phi) is 5.28. The summed E-state index contributed by atoms with van der Waals surface area (Å²) < 4.78 is 6.37. The summed E-state index contributed by atoms with van der Waals surface area (Å²) in [5.74, 6) is 0.448. The lowest BCUT2D eigenvalue weighted by atomic mass is 10.0. The Morgan fingerprint density at radius 2 is 1.80 bits per heavy atom. The second-order valence-corrected chi connectivity index (χ2v) is 10.7. The Balaban J connectivity index is 4.61. The lowest BCUT2D eigenvalue weighted by Crippen LogP contribution is -2.45. The third-order valence-corrected chi connectivity index (χ3v) is 8.12. The molecule has 2 atom stereocenters. The molecule has 0 N–H and O–H groups in total. The monoisotopic (exact) mass is 228 g/mol. The summed E-state index contributed by atoms with van der Waals surface area (Å²) >= 11 is 0. The van der Waals surface area contributed by atoms with Gasteiger partial charge in [0.15, 0.2) is 8.32 Å². The molecule has 0 fully saturated rings. The first-order chi connectivity index (χ1) is 6.65. The Bertz CT molecular complexity index is 203. The molecule has 0 aliphatic rings. The van der Waals surface area contributed by atoms with Crippen molar-refractivity contribution in [3.63, 3.8) is 0 Å². The van der Waals surface area contributed by atoms with E-state index in [1.165, 1.54) is 0 Å². The maximum Gasteiger partial charge on any atom is 0.192 e. The van der Waals surface area contributed by atoms with Crippen molar-refractivity contribution in [2.24, 2.45) is 5.92 Å². The molecule has 2 heteroatoms. The van der Waals surface area contributed by atoms with Gasteiger partial charge < -0.3 is 4.43 Å². The van der Waals surface area contributed by atoms with Crippen molar-refractivity contribution in [3.05, 3.63) is 12.7 Å². The highest BCUT2D eigenvalue weighted by Crippen LogP contribution is 2.38. The van der Waals surface area contributed by atoms with Crippen molar-refractivity contribution in [1.29, 1.82) is 0 Å². The lowest BCUT2D eigenvalue weighted by molar-refractivity contribution is 0.141. The summed E-state index contributed by atoms with van der Waals surface area (Å²) in [5.41, 5.74) is 0. The summed E-state index contributed by atoms with van der Waals surface area (Å²) in [6.07, 6.45) is 3.41. The van der Waals surface area contributed by atoms with E-state index in [9.17, 15) is 0 Å². The van der Waals surface area contributed by atoms with Crippen LogP contribution in [0, 0.1) is 5.92 Å². The van der Waals surface area contributed by atoms with Crippen LogP contribution in [-0.4, -0.2) is 14.4 Å². The number of hydrogen-bond acceptors (Lipinski definition) is 1. The summed E-state index contributed by atoms with van der Waals surface area (Å²) in [6, 6.07) is 0. The molecule has 0 unspecified atom stereocenters. The molecule has 0 heterocycles. The molecular formula is C13H28OSi. The SMILES string of the molecule is C=C[C@@H](C)[C@H](CC)O[Si](C)(C)C(C)(C)C. The van der Waals surface area contributed by atoms with Gasteiger partial charge in [-0.2, -0.15) is 0 Å². The fourth-order valence-corrected chi connectivity index (χ4v) is 2.76. The standard InChI is InChI=1S/C13H28OSi/c1-9-11(3)12(10-2)14-15(7,8)13(4,5)6/h9,11-12H,1,10H2,2-8H3/t11-,12+/m1/s1. The van der Waals surface area contributed by atoms with Crippen molar-refractivity contribution in [2.75, 3.05) is 0 Å². The molecule has 0 radical (unpaired) electrons. The maximum absolute atomic E-state index is 6.37. The van der Waals surface area contributed by atoms with Gasteiger partial charge in [0.25, 0.3) is 0 Å². The Morgan fingerprint density at radius 3 is 2.07 bits per heavy atom. The van der Waals surface area contributed by atoms with Crippen LogP contribution < -0.4 is 0 Å². The second-order valence-electron chi connectivity index (χ2n) is 5.92. The van der Waals surface area contributed by atoms with Gasteiger partial charge in [0.1, 0.15) is 0 Å². The van der Waals surface area contributed by atoms with E-state index < -0.39 is 8.32 Å². The lowest BCUT2D eigenvalue weighted by Gasteiger charge is -2.40. The van der Waals surface area contributed by atoms with E-state index in [0.29, 0.717) is 17.1 Å². The zero-order valence-corrected chi connectivity index (χ0v) is 12.6. The van der Waals surface area contributed by atoms with E-state index in [4.69, 9.17) is 4.43 Å². The predicted molar refractivity (Wildman–Crippen MR) is 71.7 cm³/mol. The van der Waals surface area contributed by atoms with E-state index >= 15 is 0 Å². The van der Waals surface area contributed by atoms with Gasteiger partial charge in [-0.15, -0.1) is 6.58 Å². The molecule has 0 aliphatic carbocycles. The van der Waals surface area contributed by atoms with Gasteiger partial charge in [-0.3, -0.25) is 0 Å². The minimum Gasteiger partial charge on any atom is -0.413 e. The Morgan fingerprint density at radius 1 is 1.33 bits per heavy atom. The van der Waals surface area contributed by atoms with Gasteiger partial charge in [-0.25, -0.2) is 0 Å². The molecule has 0 aromatic rings. The van der Waals surface area contributed by atoms with Crippen LogP contribution in [0.3, 0.4) is 0 Å². The summed E-state index contributed by atoms with van der Waals surface area (Å²) in [4.78, 5) is 0.